The van der Waals surface area contributed by atoms with Gasteiger partial charge in [0.1, 0.15) is 12.4 Å². The van der Waals surface area contributed by atoms with Crippen LogP contribution in [0.1, 0.15) is 31.4 Å². The summed E-state index contributed by atoms with van der Waals surface area (Å²) in [6.07, 6.45) is 4.67. The Kier molecular flexibility index (Phi) is 8.84. The van der Waals surface area contributed by atoms with Crippen LogP contribution in [0.2, 0.25) is 0 Å². The molecule has 0 aliphatic carbocycles. The third-order valence-corrected chi connectivity index (χ3v) is 4.85. The molecule has 1 aliphatic rings. The van der Waals surface area contributed by atoms with E-state index in [2.05, 4.69) is 35.9 Å². The first-order chi connectivity index (χ1) is 11.5. The van der Waals surface area contributed by atoms with E-state index in [0.29, 0.717) is 12.6 Å². The average Bonchev–Trinajstić information content (AvgIpc) is 2.58. The van der Waals surface area contributed by atoms with E-state index in [1.165, 1.54) is 5.56 Å². The summed E-state index contributed by atoms with van der Waals surface area (Å²) in [4.78, 5) is 6.59. The van der Waals surface area contributed by atoms with Crippen molar-refractivity contribution in [2.75, 3.05) is 13.1 Å². The van der Waals surface area contributed by atoms with Crippen LogP contribution in [0.4, 0.5) is 0 Å². The van der Waals surface area contributed by atoms with Crippen LogP contribution in [0.5, 0.6) is 5.75 Å². The molecule has 2 N–H and O–H groups in total. The molecular weight excluding hydrogens is 369 g/mol. The number of benzene rings is 1. The molecule has 144 valence electrons. The minimum atomic E-state index is 0. The van der Waals surface area contributed by atoms with Gasteiger partial charge < -0.3 is 10.5 Å². The molecule has 0 saturated carbocycles. The molecule has 1 aromatic heterocycles. The van der Waals surface area contributed by atoms with E-state index in [-0.39, 0.29) is 30.2 Å². The molecule has 1 atom stereocenters. The van der Waals surface area contributed by atoms with Gasteiger partial charge >= 0.3 is 0 Å². The molecule has 0 radical (unpaired) electrons. The maximum absolute atomic E-state index is 6.22. The standard InChI is InChI=1S/C20H27N3O.2ClH/c1-20(2)15-23(11-9-19(20)21)13-16-5-7-18(8-6-16)24-14-17-4-3-10-22-12-17;;/h3-8,10,12,19H,9,11,13-15,21H2,1-2H3;2*1H. The second kappa shape index (κ2) is 10.1. The first-order valence-corrected chi connectivity index (χ1v) is 8.61. The summed E-state index contributed by atoms with van der Waals surface area (Å²) in [5, 5.41) is 0. The lowest BCUT2D eigenvalue weighted by molar-refractivity contribution is 0.0898. The Hall–Kier alpha value is -1.33. The Bertz CT molecular complexity index is 650. The fourth-order valence-electron chi connectivity index (χ4n) is 3.22. The molecule has 0 bridgehead atoms. The van der Waals surface area contributed by atoms with Crippen molar-refractivity contribution in [3.05, 3.63) is 59.9 Å². The highest BCUT2D eigenvalue weighted by atomic mass is 35.5. The van der Waals surface area contributed by atoms with Gasteiger partial charge in [-0.25, -0.2) is 0 Å². The first kappa shape index (κ1) is 22.7. The molecule has 1 fully saturated rings. The van der Waals surface area contributed by atoms with Gasteiger partial charge in [-0.2, -0.15) is 0 Å². The van der Waals surface area contributed by atoms with Crippen LogP contribution in [-0.4, -0.2) is 29.0 Å². The van der Waals surface area contributed by atoms with Crippen molar-refractivity contribution >= 4 is 24.8 Å². The van der Waals surface area contributed by atoms with Gasteiger partial charge in [-0.1, -0.05) is 32.0 Å². The largest absolute Gasteiger partial charge is 0.489 e. The smallest absolute Gasteiger partial charge is 0.119 e. The van der Waals surface area contributed by atoms with Gasteiger partial charge in [0.2, 0.25) is 0 Å². The molecule has 1 aromatic carbocycles. The molecule has 0 amide bonds. The molecule has 4 nitrogen and oxygen atoms in total. The lowest BCUT2D eigenvalue weighted by Crippen LogP contribution is -2.52. The predicted octanol–water partition coefficient (Wildman–Crippen LogP) is 4.06. The van der Waals surface area contributed by atoms with E-state index in [0.717, 1.165) is 37.4 Å². The molecule has 2 heterocycles. The SMILES string of the molecule is CC1(C)CN(Cc2ccc(OCc3cccnc3)cc2)CCC1N.Cl.Cl. The van der Waals surface area contributed by atoms with Crippen molar-refractivity contribution in [1.82, 2.24) is 9.88 Å². The Labute approximate surface area is 169 Å². The van der Waals surface area contributed by atoms with E-state index in [1.807, 2.05) is 30.5 Å². The van der Waals surface area contributed by atoms with Crippen LogP contribution < -0.4 is 10.5 Å². The van der Waals surface area contributed by atoms with Crippen molar-refractivity contribution in [3.63, 3.8) is 0 Å². The first-order valence-electron chi connectivity index (χ1n) is 8.61. The Morgan fingerprint density at radius 1 is 1.15 bits per heavy atom. The van der Waals surface area contributed by atoms with Crippen molar-refractivity contribution in [2.45, 2.75) is 39.5 Å². The summed E-state index contributed by atoms with van der Waals surface area (Å²) in [6, 6.07) is 12.6. The zero-order valence-electron chi connectivity index (χ0n) is 15.4. The van der Waals surface area contributed by atoms with Gasteiger partial charge in [0.15, 0.2) is 0 Å². The molecule has 1 saturated heterocycles. The lowest BCUT2D eigenvalue weighted by Gasteiger charge is -2.42. The Morgan fingerprint density at radius 3 is 2.50 bits per heavy atom. The molecule has 0 spiro atoms. The van der Waals surface area contributed by atoms with Crippen LogP contribution >= 0.6 is 24.8 Å². The fraction of sp³-hybridized carbons (Fsp3) is 0.450. The van der Waals surface area contributed by atoms with Crippen molar-refractivity contribution in [3.8, 4) is 5.75 Å². The maximum Gasteiger partial charge on any atom is 0.119 e. The van der Waals surface area contributed by atoms with Gasteiger partial charge in [-0.05, 0) is 35.6 Å². The van der Waals surface area contributed by atoms with Gasteiger partial charge in [0.25, 0.3) is 0 Å². The number of ether oxygens (including phenoxy) is 1. The van der Waals surface area contributed by atoms with Crippen LogP contribution in [0.25, 0.3) is 0 Å². The monoisotopic (exact) mass is 397 g/mol. The van der Waals surface area contributed by atoms with Crippen molar-refractivity contribution in [2.24, 2.45) is 11.1 Å². The maximum atomic E-state index is 6.22. The molecule has 1 aliphatic heterocycles. The number of hydrogen-bond donors (Lipinski definition) is 1. The van der Waals surface area contributed by atoms with Crippen LogP contribution in [0.15, 0.2) is 48.8 Å². The summed E-state index contributed by atoms with van der Waals surface area (Å²) in [7, 11) is 0. The minimum absolute atomic E-state index is 0. The highest BCUT2D eigenvalue weighted by Crippen LogP contribution is 2.28. The normalized spacial score (nSPS) is 19.1. The van der Waals surface area contributed by atoms with E-state index in [4.69, 9.17) is 10.5 Å². The summed E-state index contributed by atoms with van der Waals surface area (Å²) in [5.74, 6) is 0.892. The number of likely N-dealkylation sites (tertiary alicyclic amines) is 1. The number of rotatable bonds is 5. The minimum Gasteiger partial charge on any atom is -0.489 e. The number of nitrogens with zero attached hydrogens (tertiary/aromatic N) is 2. The predicted molar refractivity (Wildman–Crippen MR) is 111 cm³/mol. The molecule has 26 heavy (non-hydrogen) atoms. The highest BCUT2D eigenvalue weighted by molar-refractivity contribution is 5.85. The molecule has 1 unspecified atom stereocenters. The molecule has 2 aromatic rings. The fourth-order valence-corrected chi connectivity index (χ4v) is 3.22. The van der Waals surface area contributed by atoms with Crippen LogP contribution in [-0.2, 0) is 13.2 Å². The summed E-state index contributed by atoms with van der Waals surface area (Å²) >= 11 is 0. The number of aromatic nitrogens is 1. The van der Waals surface area contributed by atoms with Crippen LogP contribution in [0.3, 0.4) is 0 Å². The van der Waals surface area contributed by atoms with E-state index < -0.39 is 0 Å². The summed E-state index contributed by atoms with van der Waals surface area (Å²) in [6.45, 7) is 8.17. The quantitative estimate of drug-likeness (QED) is 0.825. The zero-order valence-corrected chi connectivity index (χ0v) is 17.1. The summed E-state index contributed by atoms with van der Waals surface area (Å²) < 4.78 is 5.81. The molecule has 6 heteroatoms. The third kappa shape index (κ3) is 6.13. The van der Waals surface area contributed by atoms with Crippen molar-refractivity contribution < 1.29 is 4.74 Å². The lowest BCUT2D eigenvalue weighted by atomic mass is 9.79. The second-order valence-corrected chi connectivity index (χ2v) is 7.39. The zero-order chi connectivity index (χ0) is 17.0. The Morgan fingerprint density at radius 2 is 1.88 bits per heavy atom. The second-order valence-electron chi connectivity index (χ2n) is 7.39. The van der Waals surface area contributed by atoms with E-state index in [9.17, 15) is 0 Å². The number of halogens is 2. The number of piperidine rings is 1. The topological polar surface area (TPSA) is 51.4 Å². The number of pyridine rings is 1. The van der Waals surface area contributed by atoms with Gasteiger partial charge in [-0.15, -0.1) is 24.8 Å². The Balaban J connectivity index is 0.00000169. The average molecular weight is 398 g/mol. The van der Waals surface area contributed by atoms with Crippen molar-refractivity contribution in [1.29, 1.82) is 0 Å². The van der Waals surface area contributed by atoms with Gasteiger partial charge in [0, 0.05) is 43.6 Å². The third-order valence-electron chi connectivity index (χ3n) is 4.85. The van der Waals surface area contributed by atoms with E-state index in [1.54, 1.807) is 6.20 Å². The molecular formula is C20H29Cl2N3O. The van der Waals surface area contributed by atoms with Gasteiger partial charge in [0.05, 0.1) is 0 Å². The number of nitrogens with two attached hydrogens (primary N) is 1. The highest BCUT2D eigenvalue weighted by Gasteiger charge is 2.33. The van der Waals surface area contributed by atoms with Gasteiger partial charge in [-0.3, -0.25) is 9.88 Å². The summed E-state index contributed by atoms with van der Waals surface area (Å²) in [5.41, 5.74) is 8.80. The van der Waals surface area contributed by atoms with E-state index >= 15 is 0 Å². The number of hydrogen-bond acceptors (Lipinski definition) is 4. The van der Waals surface area contributed by atoms with Crippen LogP contribution in [0, 0.1) is 5.41 Å². The molecule has 3 rings (SSSR count).